The van der Waals surface area contributed by atoms with Gasteiger partial charge in [0.15, 0.2) is 0 Å². The van der Waals surface area contributed by atoms with Crippen LogP contribution >= 0.6 is 27.5 Å². The third-order valence-electron chi connectivity index (χ3n) is 3.31. The van der Waals surface area contributed by atoms with Crippen LogP contribution in [0.4, 0.5) is 4.39 Å². The zero-order valence-corrected chi connectivity index (χ0v) is 13.9. The van der Waals surface area contributed by atoms with E-state index in [1.54, 1.807) is 19.2 Å². The van der Waals surface area contributed by atoms with E-state index in [0.717, 1.165) is 16.9 Å². The van der Waals surface area contributed by atoms with Gasteiger partial charge in [-0.05, 0) is 46.1 Å². The van der Waals surface area contributed by atoms with E-state index in [4.69, 9.17) is 22.2 Å². The maximum absolute atomic E-state index is 14.4. The molecule has 21 heavy (non-hydrogen) atoms. The average molecular weight is 374 g/mol. The predicted molar refractivity (Wildman–Crippen MR) is 86.0 cm³/mol. The van der Waals surface area contributed by atoms with Crippen LogP contribution in [0.3, 0.4) is 0 Å². The maximum atomic E-state index is 14.4. The molecule has 0 saturated heterocycles. The zero-order chi connectivity index (χ0) is 15.6. The van der Waals surface area contributed by atoms with Gasteiger partial charge in [-0.15, -0.1) is 0 Å². The number of aryl methyl sites for hydroxylation is 1. The van der Waals surface area contributed by atoms with E-state index in [1.807, 2.05) is 25.1 Å². The van der Waals surface area contributed by atoms with Crippen LogP contribution in [-0.4, -0.2) is 7.11 Å². The van der Waals surface area contributed by atoms with Crippen molar-refractivity contribution in [3.05, 3.63) is 62.3 Å². The molecule has 2 rings (SSSR count). The summed E-state index contributed by atoms with van der Waals surface area (Å²) in [5.41, 5.74) is 4.78. The highest BCUT2D eigenvalue weighted by atomic mass is 79.9. The van der Waals surface area contributed by atoms with Gasteiger partial charge in [0, 0.05) is 10.0 Å². The smallest absolute Gasteiger partial charge is 0.148 e. The van der Waals surface area contributed by atoms with Crippen molar-refractivity contribution in [3.8, 4) is 5.75 Å². The quantitative estimate of drug-likeness (QED) is 0.482. The molecule has 0 aromatic heterocycles. The van der Waals surface area contributed by atoms with Crippen LogP contribution in [0.2, 0.25) is 5.02 Å². The van der Waals surface area contributed by atoms with Gasteiger partial charge in [0.1, 0.15) is 11.6 Å². The highest BCUT2D eigenvalue weighted by Gasteiger charge is 2.20. The van der Waals surface area contributed by atoms with E-state index in [2.05, 4.69) is 21.4 Å². The summed E-state index contributed by atoms with van der Waals surface area (Å²) in [7, 11) is 1.59. The molecule has 0 spiro atoms. The monoisotopic (exact) mass is 372 g/mol. The predicted octanol–water partition coefficient (Wildman–Crippen LogP) is 4.11. The summed E-state index contributed by atoms with van der Waals surface area (Å²) in [6, 6.07) is 8.41. The molecule has 0 heterocycles. The number of halogens is 3. The normalized spacial score (nSPS) is 12.3. The van der Waals surface area contributed by atoms with Crippen LogP contribution in [0, 0.1) is 12.7 Å². The average Bonchev–Trinajstić information content (AvgIpc) is 2.49. The lowest BCUT2D eigenvalue weighted by molar-refractivity contribution is 0.410. The molecule has 0 saturated carbocycles. The molecule has 0 aliphatic rings. The fourth-order valence-electron chi connectivity index (χ4n) is 2.15. The Morgan fingerprint density at radius 3 is 2.67 bits per heavy atom. The molecule has 1 atom stereocenters. The SMILES string of the molecule is COc1cc(C(NN)c2ccc(Br)c(Cl)c2F)ccc1C. The Morgan fingerprint density at radius 2 is 2.05 bits per heavy atom. The van der Waals surface area contributed by atoms with Crippen molar-refractivity contribution < 1.29 is 9.13 Å². The van der Waals surface area contributed by atoms with Crippen LogP contribution in [0.5, 0.6) is 5.75 Å². The highest BCUT2D eigenvalue weighted by Crippen LogP contribution is 2.34. The van der Waals surface area contributed by atoms with Crippen molar-refractivity contribution in [1.82, 2.24) is 5.43 Å². The first-order valence-electron chi connectivity index (χ1n) is 6.23. The third-order valence-corrected chi connectivity index (χ3v) is 4.57. The molecule has 0 fully saturated rings. The first-order valence-corrected chi connectivity index (χ1v) is 7.40. The van der Waals surface area contributed by atoms with Crippen LogP contribution in [0.15, 0.2) is 34.8 Å². The molecule has 0 bridgehead atoms. The van der Waals surface area contributed by atoms with Crippen molar-refractivity contribution in [3.63, 3.8) is 0 Å². The Labute approximate surface area is 136 Å². The fraction of sp³-hybridized carbons (Fsp3) is 0.200. The molecule has 0 radical (unpaired) electrons. The second kappa shape index (κ2) is 6.75. The largest absolute Gasteiger partial charge is 0.496 e. The minimum absolute atomic E-state index is 0.0341. The molecular formula is C15H15BrClFN2O. The van der Waals surface area contributed by atoms with Gasteiger partial charge in [-0.3, -0.25) is 5.84 Å². The minimum Gasteiger partial charge on any atom is -0.496 e. The molecule has 0 aliphatic heterocycles. The van der Waals surface area contributed by atoms with E-state index in [-0.39, 0.29) is 5.02 Å². The van der Waals surface area contributed by atoms with Gasteiger partial charge < -0.3 is 4.74 Å². The van der Waals surface area contributed by atoms with Gasteiger partial charge in [-0.2, -0.15) is 0 Å². The molecule has 3 N–H and O–H groups in total. The van der Waals surface area contributed by atoms with Gasteiger partial charge in [0.05, 0.1) is 18.2 Å². The van der Waals surface area contributed by atoms with Gasteiger partial charge in [0.2, 0.25) is 0 Å². The van der Waals surface area contributed by atoms with Crippen LogP contribution in [-0.2, 0) is 0 Å². The van der Waals surface area contributed by atoms with E-state index in [1.165, 1.54) is 0 Å². The highest BCUT2D eigenvalue weighted by molar-refractivity contribution is 9.10. The summed E-state index contributed by atoms with van der Waals surface area (Å²) in [6.07, 6.45) is 0. The number of nitrogens with one attached hydrogen (secondary N) is 1. The number of nitrogens with two attached hydrogens (primary N) is 1. The zero-order valence-electron chi connectivity index (χ0n) is 11.6. The molecule has 6 heteroatoms. The third kappa shape index (κ3) is 3.21. The minimum atomic E-state index is -0.523. The van der Waals surface area contributed by atoms with Crippen molar-refractivity contribution in [2.45, 2.75) is 13.0 Å². The fourth-order valence-corrected chi connectivity index (χ4v) is 2.62. The Morgan fingerprint density at radius 1 is 1.33 bits per heavy atom. The van der Waals surface area contributed by atoms with E-state index in [9.17, 15) is 4.39 Å². The number of ether oxygens (including phenoxy) is 1. The van der Waals surface area contributed by atoms with Crippen LogP contribution < -0.4 is 16.0 Å². The summed E-state index contributed by atoms with van der Waals surface area (Å²) in [5, 5.41) is 0.0341. The van der Waals surface area contributed by atoms with Gasteiger partial charge >= 0.3 is 0 Å². The van der Waals surface area contributed by atoms with Gasteiger partial charge in [-0.25, -0.2) is 9.82 Å². The first kappa shape index (κ1) is 16.2. The van der Waals surface area contributed by atoms with E-state index >= 15 is 0 Å². The number of benzene rings is 2. The number of rotatable bonds is 4. The molecule has 112 valence electrons. The van der Waals surface area contributed by atoms with E-state index < -0.39 is 11.9 Å². The topological polar surface area (TPSA) is 47.3 Å². The summed E-state index contributed by atoms with van der Waals surface area (Å²) in [5.74, 6) is 5.82. The number of hydrogen-bond donors (Lipinski definition) is 2. The molecule has 0 amide bonds. The summed E-state index contributed by atoms with van der Waals surface area (Å²) < 4.78 is 20.2. The maximum Gasteiger partial charge on any atom is 0.148 e. The molecule has 2 aromatic rings. The molecule has 1 unspecified atom stereocenters. The number of methoxy groups -OCH3 is 1. The lowest BCUT2D eigenvalue weighted by Crippen LogP contribution is -2.29. The molecular weight excluding hydrogens is 359 g/mol. The molecule has 0 aliphatic carbocycles. The Bertz CT molecular complexity index is 666. The van der Waals surface area contributed by atoms with Crippen LogP contribution in [0.25, 0.3) is 0 Å². The summed E-state index contributed by atoms with van der Waals surface area (Å²) in [4.78, 5) is 0. The Kier molecular flexibility index (Phi) is 5.22. The lowest BCUT2D eigenvalue weighted by Gasteiger charge is -2.19. The number of hydrogen-bond acceptors (Lipinski definition) is 3. The van der Waals surface area contributed by atoms with Crippen molar-refractivity contribution in [2.75, 3.05) is 7.11 Å². The standard InChI is InChI=1S/C15H15BrClFN2O/c1-8-3-4-9(7-12(8)21-2)15(20-19)10-5-6-11(16)13(17)14(10)18/h3-7,15,20H,19H2,1-2H3. The number of hydrazine groups is 1. The lowest BCUT2D eigenvalue weighted by atomic mass is 9.97. The van der Waals surface area contributed by atoms with Gasteiger partial charge in [-0.1, -0.05) is 29.8 Å². The van der Waals surface area contributed by atoms with Crippen LogP contribution in [0.1, 0.15) is 22.7 Å². The summed E-state index contributed by atoms with van der Waals surface area (Å²) >= 11 is 9.14. The van der Waals surface area contributed by atoms with Crippen molar-refractivity contribution >= 4 is 27.5 Å². The van der Waals surface area contributed by atoms with E-state index in [0.29, 0.717) is 10.0 Å². The second-order valence-electron chi connectivity index (χ2n) is 4.59. The molecule has 2 aromatic carbocycles. The summed E-state index contributed by atoms with van der Waals surface area (Å²) in [6.45, 7) is 1.94. The van der Waals surface area contributed by atoms with Crippen molar-refractivity contribution in [1.29, 1.82) is 0 Å². The molecule has 3 nitrogen and oxygen atoms in total. The Balaban J connectivity index is 2.52. The Hall–Kier alpha value is -1.14. The first-order chi connectivity index (χ1) is 9.99. The van der Waals surface area contributed by atoms with Gasteiger partial charge in [0.25, 0.3) is 0 Å². The second-order valence-corrected chi connectivity index (χ2v) is 5.83. The van der Waals surface area contributed by atoms with Crippen molar-refractivity contribution in [2.24, 2.45) is 5.84 Å².